The molecule has 4 rings (SSSR count). The highest BCUT2D eigenvalue weighted by Gasteiger charge is 2.38. The van der Waals surface area contributed by atoms with Gasteiger partial charge in [0.25, 0.3) is 15.9 Å². The third kappa shape index (κ3) is 4.64. The summed E-state index contributed by atoms with van der Waals surface area (Å²) in [6.45, 7) is 5.35. The van der Waals surface area contributed by atoms with E-state index >= 15 is 0 Å². The standard InChI is InChI=1S/C21H20N4O4S3/c1-3-11-30-21-24-23-20(31-21)22-19(26)18-13-25(16-12-14(2)9-10-17(16)29-18)32(27,28)15-7-5-4-6-8-15/h3-10,12,18H,1,11,13H2,2H3,(H,22,23,26)/t18-/m0/s1. The maximum Gasteiger partial charge on any atom is 0.269 e. The minimum Gasteiger partial charge on any atom is -0.476 e. The van der Waals surface area contributed by atoms with Gasteiger partial charge < -0.3 is 4.74 Å². The van der Waals surface area contributed by atoms with Crippen molar-refractivity contribution in [3.8, 4) is 5.75 Å². The van der Waals surface area contributed by atoms with Crippen molar-refractivity contribution in [1.82, 2.24) is 10.2 Å². The van der Waals surface area contributed by atoms with Gasteiger partial charge in [0.05, 0.1) is 17.1 Å². The molecular formula is C21H20N4O4S3. The zero-order valence-electron chi connectivity index (χ0n) is 17.1. The van der Waals surface area contributed by atoms with Crippen LogP contribution in [0.15, 0.2) is 70.4 Å². The second kappa shape index (κ2) is 9.31. The molecule has 11 heteroatoms. The molecule has 2 aromatic carbocycles. The van der Waals surface area contributed by atoms with Gasteiger partial charge in [-0.2, -0.15) is 0 Å². The number of hydrogen-bond donors (Lipinski definition) is 1. The molecule has 2 heterocycles. The van der Waals surface area contributed by atoms with E-state index in [-0.39, 0.29) is 11.4 Å². The van der Waals surface area contributed by atoms with Gasteiger partial charge in [-0.15, -0.1) is 16.8 Å². The van der Waals surface area contributed by atoms with Crippen LogP contribution in [0.1, 0.15) is 5.56 Å². The summed E-state index contributed by atoms with van der Waals surface area (Å²) >= 11 is 2.68. The lowest BCUT2D eigenvalue weighted by Gasteiger charge is -2.34. The number of benzene rings is 2. The predicted molar refractivity (Wildman–Crippen MR) is 126 cm³/mol. The molecule has 3 aromatic rings. The number of rotatable bonds is 7. The Hall–Kier alpha value is -2.89. The molecule has 0 aliphatic carbocycles. The third-order valence-corrected chi connectivity index (χ3v) is 8.33. The summed E-state index contributed by atoms with van der Waals surface area (Å²) in [6, 6.07) is 13.3. The van der Waals surface area contributed by atoms with Crippen molar-refractivity contribution in [2.75, 3.05) is 21.9 Å². The number of nitrogens with zero attached hydrogens (tertiary/aromatic N) is 3. The molecule has 1 aliphatic heterocycles. The number of thioether (sulfide) groups is 1. The maximum absolute atomic E-state index is 13.4. The van der Waals surface area contributed by atoms with Gasteiger partial charge in [0.1, 0.15) is 5.75 Å². The number of sulfonamides is 1. The number of fused-ring (bicyclic) bond motifs is 1. The molecule has 1 aliphatic rings. The molecule has 0 spiro atoms. The lowest BCUT2D eigenvalue weighted by molar-refractivity contribution is -0.122. The number of carbonyl (C=O) groups excluding carboxylic acids is 1. The van der Waals surface area contributed by atoms with Gasteiger partial charge in [-0.1, -0.05) is 53.4 Å². The Kier molecular flexibility index (Phi) is 6.49. The van der Waals surface area contributed by atoms with Crippen LogP contribution in [0.25, 0.3) is 0 Å². The van der Waals surface area contributed by atoms with Gasteiger partial charge in [0.15, 0.2) is 10.4 Å². The lowest BCUT2D eigenvalue weighted by atomic mass is 10.1. The highest BCUT2D eigenvalue weighted by molar-refractivity contribution is 8.01. The Labute approximate surface area is 194 Å². The number of hydrogen-bond acceptors (Lipinski definition) is 8. The van der Waals surface area contributed by atoms with Gasteiger partial charge in [0.2, 0.25) is 5.13 Å². The van der Waals surface area contributed by atoms with Crippen LogP contribution in [0.3, 0.4) is 0 Å². The van der Waals surface area contributed by atoms with Crippen LogP contribution < -0.4 is 14.4 Å². The Morgan fingerprint density at radius 1 is 1.31 bits per heavy atom. The topological polar surface area (TPSA) is 101 Å². The SMILES string of the molecule is C=CCSc1nnc(NC(=O)[C@@H]2CN(S(=O)(=O)c3ccccc3)c3cc(C)ccc3O2)s1. The summed E-state index contributed by atoms with van der Waals surface area (Å²) in [5, 5.41) is 11.0. The summed E-state index contributed by atoms with van der Waals surface area (Å²) in [6.07, 6.45) is 0.693. The van der Waals surface area contributed by atoms with Gasteiger partial charge in [-0.05, 0) is 36.8 Å². The molecule has 32 heavy (non-hydrogen) atoms. The number of ether oxygens (including phenoxy) is 1. The van der Waals surface area contributed by atoms with Crippen molar-refractivity contribution in [1.29, 1.82) is 0 Å². The fourth-order valence-electron chi connectivity index (χ4n) is 3.08. The van der Waals surface area contributed by atoms with Gasteiger partial charge >= 0.3 is 0 Å². The van der Waals surface area contributed by atoms with Crippen molar-refractivity contribution in [2.24, 2.45) is 0 Å². The first-order valence-electron chi connectivity index (χ1n) is 9.61. The lowest BCUT2D eigenvalue weighted by Crippen LogP contribution is -2.48. The number of carbonyl (C=O) groups is 1. The van der Waals surface area contributed by atoms with Gasteiger partial charge in [0, 0.05) is 5.75 Å². The number of aryl methyl sites for hydroxylation is 1. The largest absolute Gasteiger partial charge is 0.476 e. The molecule has 1 atom stereocenters. The molecular weight excluding hydrogens is 468 g/mol. The Balaban J connectivity index is 1.61. The van der Waals surface area contributed by atoms with Crippen LogP contribution >= 0.6 is 23.1 Å². The molecule has 0 saturated heterocycles. The summed E-state index contributed by atoms with van der Waals surface area (Å²) in [4.78, 5) is 13.1. The van der Waals surface area contributed by atoms with E-state index in [1.165, 1.54) is 39.5 Å². The summed E-state index contributed by atoms with van der Waals surface area (Å²) in [7, 11) is -3.90. The quantitative estimate of drug-likeness (QED) is 0.307. The second-order valence-corrected chi connectivity index (χ2v) is 11.0. The molecule has 1 N–H and O–H groups in total. The first kappa shape index (κ1) is 22.3. The Bertz CT molecular complexity index is 1240. The molecule has 1 amide bonds. The minimum absolute atomic E-state index is 0.140. The van der Waals surface area contributed by atoms with E-state index in [0.29, 0.717) is 26.7 Å². The number of aromatic nitrogens is 2. The minimum atomic E-state index is -3.90. The molecule has 166 valence electrons. The van der Waals surface area contributed by atoms with Crippen molar-refractivity contribution in [2.45, 2.75) is 22.3 Å². The van der Waals surface area contributed by atoms with Crippen molar-refractivity contribution in [3.05, 3.63) is 66.7 Å². The molecule has 0 unspecified atom stereocenters. The summed E-state index contributed by atoms with van der Waals surface area (Å²) in [5.41, 5.74) is 1.28. The summed E-state index contributed by atoms with van der Waals surface area (Å²) < 4.78 is 34.6. The Morgan fingerprint density at radius 3 is 2.84 bits per heavy atom. The van der Waals surface area contributed by atoms with E-state index < -0.39 is 22.0 Å². The smallest absolute Gasteiger partial charge is 0.269 e. The second-order valence-electron chi connectivity index (χ2n) is 6.89. The summed E-state index contributed by atoms with van der Waals surface area (Å²) in [5.74, 6) is 0.499. The monoisotopic (exact) mass is 488 g/mol. The molecule has 0 saturated carbocycles. The first-order chi connectivity index (χ1) is 15.4. The molecule has 8 nitrogen and oxygen atoms in total. The zero-order valence-corrected chi connectivity index (χ0v) is 19.5. The number of anilines is 2. The van der Waals surface area contributed by atoms with Crippen LogP contribution in [-0.4, -0.2) is 42.9 Å². The fraction of sp³-hybridized carbons (Fsp3) is 0.190. The van der Waals surface area contributed by atoms with Crippen LogP contribution in [0.5, 0.6) is 5.75 Å². The van der Waals surface area contributed by atoms with Gasteiger partial charge in [-0.25, -0.2) is 8.42 Å². The number of nitrogens with one attached hydrogen (secondary N) is 1. The highest BCUT2D eigenvalue weighted by Crippen LogP contribution is 2.38. The molecule has 0 fully saturated rings. The molecule has 0 bridgehead atoms. The highest BCUT2D eigenvalue weighted by atomic mass is 32.2. The normalized spacial score (nSPS) is 15.5. The van der Waals surface area contributed by atoms with Crippen molar-refractivity contribution >= 4 is 49.8 Å². The van der Waals surface area contributed by atoms with E-state index in [1.807, 2.05) is 6.92 Å². The first-order valence-corrected chi connectivity index (χ1v) is 12.9. The van der Waals surface area contributed by atoms with Crippen molar-refractivity contribution in [3.63, 3.8) is 0 Å². The zero-order chi connectivity index (χ0) is 22.7. The average Bonchev–Trinajstić information content (AvgIpc) is 3.24. The van der Waals surface area contributed by atoms with Crippen LogP contribution in [0.2, 0.25) is 0 Å². The van der Waals surface area contributed by atoms with Crippen LogP contribution in [0, 0.1) is 6.92 Å². The van der Waals surface area contributed by atoms with Crippen molar-refractivity contribution < 1.29 is 17.9 Å². The van der Waals surface area contributed by atoms with Gasteiger partial charge in [-0.3, -0.25) is 14.4 Å². The van der Waals surface area contributed by atoms with E-state index in [0.717, 1.165) is 5.56 Å². The third-order valence-electron chi connectivity index (χ3n) is 4.57. The van der Waals surface area contributed by atoms with E-state index in [4.69, 9.17) is 4.74 Å². The van der Waals surface area contributed by atoms with Crippen LogP contribution in [0.4, 0.5) is 10.8 Å². The molecule has 1 aromatic heterocycles. The Morgan fingerprint density at radius 2 is 2.09 bits per heavy atom. The van der Waals surface area contributed by atoms with Crippen LogP contribution in [-0.2, 0) is 14.8 Å². The predicted octanol–water partition coefficient (Wildman–Crippen LogP) is 3.72. The average molecular weight is 489 g/mol. The fourth-order valence-corrected chi connectivity index (χ4v) is 6.08. The van der Waals surface area contributed by atoms with E-state index in [2.05, 4.69) is 22.1 Å². The number of amides is 1. The van der Waals surface area contributed by atoms with E-state index in [9.17, 15) is 13.2 Å². The maximum atomic E-state index is 13.4. The molecule has 0 radical (unpaired) electrons. The van der Waals surface area contributed by atoms with E-state index in [1.54, 1.807) is 42.5 Å².